The van der Waals surface area contributed by atoms with E-state index in [0.29, 0.717) is 12.1 Å². The number of methoxy groups -OCH3 is 2. The molecular weight excluding hydrogens is 354 g/mol. The molecule has 0 aliphatic carbocycles. The van der Waals surface area contributed by atoms with Gasteiger partial charge in [0.1, 0.15) is 11.6 Å². The van der Waals surface area contributed by atoms with Gasteiger partial charge in [0.15, 0.2) is 0 Å². The quantitative estimate of drug-likeness (QED) is 0.710. The molecule has 3 rings (SSSR count). The van der Waals surface area contributed by atoms with Gasteiger partial charge < -0.3 is 19.7 Å². The molecule has 6 heteroatoms. The van der Waals surface area contributed by atoms with Crippen molar-refractivity contribution in [2.45, 2.75) is 31.8 Å². The van der Waals surface area contributed by atoms with Gasteiger partial charge in [0.05, 0.1) is 18.8 Å². The van der Waals surface area contributed by atoms with E-state index in [1.807, 2.05) is 24.3 Å². The number of piperidine rings is 1. The smallest absolute Gasteiger partial charge is 0.252 e. The Labute approximate surface area is 166 Å². The number of pyridine rings is 1. The number of aromatic nitrogens is 1. The number of hydrogen-bond acceptors (Lipinski definition) is 5. The van der Waals surface area contributed by atoms with Crippen molar-refractivity contribution < 1.29 is 14.3 Å². The Morgan fingerprint density at radius 2 is 2.04 bits per heavy atom. The van der Waals surface area contributed by atoms with Gasteiger partial charge >= 0.3 is 0 Å². The number of nitrogens with zero attached hydrogens (tertiary/aromatic N) is 2. The molecule has 1 aromatic carbocycles. The highest BCUT2D eigenvalue weighted by Gasteiger charge is 2.20. The topological polar surface area (TPSA) is 63.7 Å². The largest absolute Gasteiger partial charge is 0.497 e. The van der Waals surface area contributed by atoms with Gasteiger partial charge in [-0.3, -0.25) is 4.79 Å². The Hall–Kier alpha value is -2.60. The molecular formula is C22H29N3O3. The van der Waals surface area contributed by atoms with Crippen molar-refractivity contribution in [3.8, 4) is 5.75 Å². The predicted octanol–water partition coefficient (Wildman–Crippen LogP) is 3.07. The first-order valence-corrected chi connectivity index (χ1v) is 9.84. The number of ether oxygens (including phenoxy) is 2. The second-order valence-corrected chi connectivity index (χ2v) is 7.06. The maximum absolute atomic E-state index is 12.3. The zero-order valence-corrected chi connectivity index (χ0v) is 16.7. The monoisotopic (exact) mass is 383 g/mol. The van der Waals surface area contributed by atoms with Crippen LogP contribution in [-0.2, 0) is 11.2 Å². The minimum atomic E-state index is -0.0813. The Morgan fingerprint density at radius 1 is 1.21 bits per heavy atom. The first-order valence-electron chi connectivity index (χ1n) is 9.84. The fraction of sp³-hybridized carbons (Fsp3) is 0.455. The van der Waals surface area contributed by atoms with Crippen LogP contribution < -0.4 is 15.0 Å². The van der Waals surface area contributed by atoms with Gasteiger partial charge in [0.25, 0.3) is 5.91 Å². The Balaban J connectivity index is 1.44. The van der Waals surface area contributed by atoms with E-state index < -0.39 is 0 Å². The molecule has 0 spiro atoms. The first kappa shape index (κ1) is 20.1. The molecule has 1 fully saturated rings. The third kappa shape index (κ3) is 5.45. The van der Waals surface area contributed by atoms with Crippen LogP contribution in [0.2, 0.25) is 0 Å². The number of anilines is 1. The number of amides is 1. The number of rotatable bonds is 8. The average Bonchev–Trinajstić information content (AvgIpc) is 2.77. The molecule has 6 nitrogen and oxygen atoms in total. The highest BCUT2D eigenvalue weighted by molar-refractivity contribution is 5.94. The summed E-state index contributed by atoms with van der Waals surface area (Å²) in [5.41, 5.74) is 1.82. The normalized spacial score (nSPS) is 16.6. The molecule has 1 amide bonds. The molecule has 0 radical (unpaired) electrons. The van der Waals surface area contributed by atoms with Crippen LogP contribution >= 0.6 is 0 Å². The van der Waals surface area contributed by atoms with E-state index in [9.17, 15) is 4.79 Å². The highest BCUT2D eigenvalue weighted by Crippen LogP contribution is 2.19. The summed E-state index contributed by atoms with van der Waals surface area (Å²) in [6.45, 7) is 2.46. The van der Waals surface area contributed by atoms with Crippen LogP contribution in [0.15, 0.2) is 42.6 Å². The van der Waals surface area contributed by atoms with Crippen LogP contribution in [0.3, 0.4) is 0 Å². The van der Waals surface area contributed by atoms with E-state index in [1.54, 1.807) is 20.4 Å². The Kier molecular flexibility index (Phi) is 7.25. The van der Waals surface area contributed by atoms with Crippen molar-refractivity contribution in [3.05, 3.63) is 53.7 Å². The lowest BCUT2D eigenvalue weighted by atomic mass is 10.1. The number of aryl methyl sites for hydroxylation is 1. The van der Waals surface area contributed by atoms with Crippen LogP contribution in [0.1, 0.15) is 35.2 Å². The van der Waals surface area contributed by atoms with Crippen molar-refractivity contribution >= 4 is 11.7 Å². The molecule has 1 aliphatic rings. The molecule has 1 aromatic heterocycles. The molecule has 1 aliphatic heterocycles. The molecule has 1 N–H and O–H groups in total. The van der Waals surface area contributed by atoms with Crippen molar-refractivity contribution in [1.29, 1.82) is 0 Å². The van der Waals surface area contributed by atoms with Crippen LogP contribution in [0, 0.1) is 0 Å². The van der Waals surface area contributed by atoms with Crippen LogP contribution in [0.5, 0.6) is 5.75 Å². The Bertz CT molecular complexity index is 747. The van der Waals surface area contributed by atoms with E-state index in [1.165, 1.54) is 5.56 Å². The lowest BCUT2D eigenvalue weighted by molar-refractivity contribution is 0.0891. The molecule has 0 bridgehead atoms. The molecule has 1 saturated heterocycles. The lowest BCUT2D eigenvalue weighted by Crippen LogP contribution is -2.39. The zero-order valence-electron chi connectivity index (χ0n) is 16.7. The van der Waals surface area contributed by atoms with Crippen LogP contribution in [-0.4, -0.2) is 50.8 Å². The second kappa shape index (κ2) is 10.1. The maximum Gasteiger partial charge on any atom is 0.252 e. The SMILES string of the molecule is COc1ccc(CCCNC(=O)c2ccc(N3CCC[C@H](OC)C3)nc2)cc1. The van der Waals surface area contributed by atoms with E-state index >= 15 is 0 Å². The summed E-state index contributed by atoms with van der Waals surface area (Å²) >= 11 is 0. The van der Waals surface area contributed by atoms with E-state index in [4.69, 9.17) is 9.47 Å². The average molecular weight is 383 g/mol. The molecule has 0 unspecified atom stereocenters. The highest BCUT2D eigenvalue weighted by atomic mass is 16.5. The van der Waals surface area contributed by atoms with Crippen LogP contribution in [0.25, 0.3) is 0 Å². The fourth-order valence-corrected chi connectivity index (χ4v) is 3.43. The predicted molar refractivity (Wildman–Crippen MR) is 110 cm³/mol. The number of benzene rings is 1. The molecule has 2 heterocycles. The van der Waals surface area contributed by atoms with Gasteiger partial charge in [-0.2, -0.15) is 0 Å². The third-order valence-electron chi connectivity index (χ3n) is 5.13. The van der Waals surface area contributed by atoms with E-state index in [0.717, 1.165) is 50.3 Å². The summed E-state index contributed by atoms with van der Waals surface area (Å²) in [7, 11) is 3.42. The minimum absolute atomic E-state index is 0.0813. The van der Waals surface area contributed by atoms with Gasteiger partial charge in [-0.15, -0.1) is 0 Å². The number of hydrogen-bond donors (Lipinski definition) is 1. The number of carbonyl (C=O) groups is 1. The molecule has 0 saturated carbocycles. The van der Waals surface area contributed by atoms with E-state index in [-0.39, 0.29) is 12.0 Å². The summed E-state index contributed by atoms with van der Waals surface area (Å²) in [6.07, 6.45) is 5.89. The molecule has 1 atom stereocenters. The second-order valence-electron chi connectivity index (χ2n) is 7.06. The number of nitrogens with one attached hydrogen (secondary N) is 1. The fourth-order valence-electron chi connectivity index (χ4n) is 3.43. The van der Waals surface area contributed by atoms with Gasteiger partial charge in [0.2, 0.25) is 0 Å². The van der Waals surface area contributed by atoms with Crippen molar-refractivity contribution in [2.24, 2.45) is 0 Å². The third-order valence-corrected chi connectivity index (χ3v) is 5.13. The summed E-state index contributed by atoms with van der Waals surface area (Å²) in [6, 6.07) is 11.8. The summed E-state index contributed by atoms with van der Waals surface area (Å²) in [4.78, 5) is 19.0. The van der Waals surface area contributed by atoms with Gasteiger partial charge in [-0.1, -0.05) is 12.1 Å². The van der Waals surface area contributed by atoms with Gasteiger partial charge in [0, 0.05) is 32.9 Å². The molecule has 150 valence electrons. The standard InChI is InChI=1S/C22H29N3O3/c1-27-19-10-7-17(8-11-19)5-3-13-23-22(26)18-9-12-21(24-15-18)25-14-4-6-20(16-25)28-2/h7-12,15,20H,3-6,13-14,16H2,1-2H3,(H,23,26)/t20-/m0/s1. The van der Waals surface area contributed by atoms with Crippen molar-refractivity contribution in [2.75, 3.05) is 38.8 Å². The number of carbonyl (C=O) groups excluding carboxylic acids is 1. The van der Waals surface area contributed by atoms with Gasteiger partial charge in [-0.25, -0.2) is 4.98 Å². The molecule has 28 heavy (non-hydrogen) atoms. The van der Waals surface area contributed by atoms with E-state index in [2.05, 4.69) is 27.3 Å². The minimum Gasteiger partial charge on any atom is -0.497 e. The Morgan fingerprint density at radius 3 is 2.71 bits per heavy atom. The van der Waals surface area contributed by atoms with Gasteiger partial charge in [-0.05, 0) is 55.5 Å². The molecule has 2 aromatic rings. The van der Waals surface area contributed by atoms with Crippen molar-refractivity contribution in [1.82, 2.24) is 10.3 Å². The first-order chi connectivity index (χ1) is 13.7. The summed E-state index contributed by atoms with van der Waals surface area (Å²) in [5, 5.41) is 2.97. The maximum atomic E-state index is 12.3. The summed E-state index contributed by atoms with van der Waals surface area (Å²) in [5.74, 6) is 1.68. The van der Waals surface area contributed by atoms with Crippen LogP contribution in [0.4, 0.5) is 5.82 Å². The zero-order chi connectivity index (χ0) is 19.8. The van der Waals surface area contributed by atoms with Crippen molar-refractivity contribution in [3.63, 3.8) is 0 Å². The lowest BCUT2D eigenvalue weighted by Gasteiger charge is -2.32. The summed E-state index contributed by atoms with van der Waals surface area (Å²) < 4.78 is 10.6.